The van der Waals surface area contributed by atoms with Crippen molar-refractivity contribution in [2.24, 2.45) is 0 Å². The van der Waals surface area contributed by atoms with Gasteiger partial charge in [-0.15, -0.1) is 11.3 Å². The molecule has 6 heteroatoms. The normalized spacial score (nSPS) is 10.9. The van der Waals surface area contributed by atoms with Gasteiger partial charge in [0.1, 0.15) is 0 Å². The number of amides is 1. The van der Waals surface area contributed by atoms with Crippen molar-refractivity contribution in [1.29, 1.82) is 0 Å². The van der Waals surface area contributed by atoms with Gasteiger partial charge in [0.25, 0.3) is 5.69 Å². The average molecular weight is 407 g/mol. The number of nitro benzene ring substituents is 1. The van der Waals surface area contributed by atoms with Crippen LogP contribution in [0.1, 0.15) is 20.9 Å². The van der Waals surface area contributed by atoms with Gasteiger partial charge in [-0.05, 0) is 43.2 Å². The second kappa shape index (κ2) is 9.80. The summed E-state index contributed by atoms with van der Waals surface area (Å²) in [5.41, 5.74) is 1.57. The van der Waals surface area contributed by atoms with E-state index in [2.05, 4.69) is 0 Å². The topological polar surface area (TPSA) is 63.5 Å². The molecule has 5 nitrogen and oxygen atoms in total. The van der Waals surface area contributed by atoms with Crippen LogP contribution < -0.4 is 0 Å². The quantitative estimate of drug-likeness (QED) is 0.292. The largest absolute Gasteiger partial charge is 0.334 e. The predicted octanol–water partition coefficient (Wildman–Crippen LogP) is 5.25. The Morgan fingerprint density at radius 3 is 2.48 bits per heavy atom. The first-order valence-electron chi connectivity index (χ1n) is 9.32. The number of carbonyl (C=O) groups is 1. The fraction of sp³-hybridized carbons (Fsp3) is 0.174. The molecular weight excluding hydrogens is 384 g/mol. The molecule has 0 spiro atoms. The zero-order valence-electron chi connectivity index (χ0n) is 16.2. The standard InChI is InChI=1S/C23H22N2O3S/c1-18-11-13-21(29-18)17-24(16-15-19-7-3-2-4-8-19)23(26)14-12-20-9-5-6-10-22(20)25(27)28/h2-14H,15-17H2,1H3/b14-12+. The van der Waals surface area contributed by atoms with Gasteiger partial charge in [-0.25, -0.2) is 0 Å². The summed E-state index contributed by atoms with van der Waals surface area (Å²) in [6, 6.07) is 20.5. The van der Waals surface area contributed by atoms with Crippen molar-refractivity contribution in [3.63, 3.8) is 0 Å². The van der Waals surface area contributed by atoms with E-state index in [1.54, 1.807) is 34.4 Å². The molecule has 0 unspecified atom stereocenters. The number of para-hydroxylation sites is 1. The summed E-state index contributed by atoms with van der Waals surface area (Å²) in [5.74, 6) is -0.162. The lowest BCUT2D eigenvalue weighted by Gasteiger charge is -2.20. The molecule has 1 aromatic heterocycles. The maximum absolute atomic E-state index is 12.9. The molecule has 0 N–H and O–H groups in total. The van der Waals surface area contributed by atoms with Crippen molar-refractivity contribution in [3.05, 3.63) is 104 Å². The van der Waals surface area contributed by atoms with Gasteiger partial charge in [0.15, 0.2) is 0 Å². The summed E-state index contributed by atoms with van der Waals surface area (Å²) in [6.07, 6.45) is 3.69. The Labute approximate surface area is 174 Å². The molecule has 0 aliphatic heterocycles. The van der Waals surface area contributed by atoms with Crippen molar-refractivity contribution in [3.8, 4) is 0 Å². The Bertz CT molecular complexity index is 1010. The molecule has 0 saturated carbocycles. The van der Waals surface area contributed by atoms with Gasteiger partial charge in [0.2, 0.25) is 5.91 Å². The van der Waals surface area contributed by atoms with E-state index in [4.69, 9.17) is 0 Å². The van der Waals surface area contributed by atoms with Crippen LogP contribution in [-0.2, 0) is 17.8 Å². The summed E-state index contributed by atoms with van der Waals surface area (Å²) in [6.45, 7) is 3.13. The summed E-state index contributed by atoms with van der Waals surface area (Å²) in [4.78, 5) is 27.7. The maximum Gasteiger partial charge on any atom is 0.276 e. The van der Waals surface area contributed by atoms with Gasteiger partial charge in [-0.2, -0.15) is 0 Å². The Hall–Kier alpha value is -3.25. The first-order valence-corrected chi connectivity index (χ1v) is 10.1. The van der Waals surface area contributed by atoms with Crippen molar-refractivity contribution in [2.45, 2.75) is 19.9 Å². The SMILES string of the molecule is Cc1ccc(CN(CCc2ccccc2)C(=O)/C=C/c2ccccc2[N+](=O)[O-])s1. The minimum absolute atomic E-state index is 0.0127. The highest BCUT2D eigenvalue weighted by Gasteiger charge is 2.14. The van der Waals surface area contributed by atoms with E-state index >= 15 is 0 Å². The minimum Gasteiger partial charge on any atom is -0.334 e. The summed E-state index contributed by atoms with van der Waals surface area (Å²) >= 11 is 1.67. The molecule has 29 heavy (non-hydrogen) atoms. The first kappa shape index (κ1) is 20.5. The molecule has 1 amide bonds. The molecule has 2 aromatic carbocycles. The molecule has 0 aliphatic rings. The average Bonchev–Trinajstić information content (AvgIpc) is 3.15. The van der Waals surface area contributed by atoms with Gasteiger partial charge < -0.3 is 4.90 Å². The van der Waals surface area contributed by atoms with Crippen molar-refractivity contribution >= 4 is 29.0 Å². The third-order valence-electron chi connectivity index (χ3n) is 4.51. The number of nitro groups is 1. The van der Waals surface area contributed by atoms with Crippen LogP contribution in [0.4, 0.5) is 5.69 Å². The lowest BCUT2D eigenvalue weighted by atomic mass is 10.1. The van der Waals surface area contributed by atoms with E-state index in [0.29, 0.717) is 18.7 Å². The number of thiophene rings is 1. The second-order valence-electron chi connectivity index (χ2n) is 6.66. The summed E-state index contributed by atoms with van der Waals surface area (Å²) in [7, 11) is 0. The van der Waals surface area contributed by atoms with Gasteiger partial charge in [0, 0.05) is 28.4 Å². The molecule has 1 heterocycles. The molecule has 0 atom stereocenters. The first-order chi connectivity index (χ1) is 14.0. The smallest absolute Gasteiger partial charge is 0.276 e. The number of nitrogens with zero attached hydrogens (tertiary/aromatic N) is 2. The van der Waals surface area contributed by atoms with E-state index in [9.17, 15) is 14.9 Å². The molecular formula is C23H22N2O3S. The lowest BCUT2D eigenvalue weighted by molar-refractivity contribution is -0.385. The molecule has 148 valence electrons. The van der Waals surface area contributed by atoms with Crippen molar-refractivity contribution in [2.75, 3.05) is 6.54 Å². The highest BCUT2D eigenvalue weighted by Crippen LogP contribution is 2.20. The molecule has 0 bridgehead atoms. The fourth-order valence-corrected chi connectivity index (χ4v) is 3.90. The van der Waals surface area contributed by atoms with Crippen LogP contribution in [0.3, 0.4) is 0 Å². The van der Waals surface area contributed by atoms with Crippen LogP contribution >= 0.6 is 11.3 Å². The van der Waals surface area contributed by atoms with Crippen LogP contribution in [0.15, 0.2) is 72.8 Å². The second-order valence-corrected chi connectivity index (χ2v) is 8.03. The Morgan fingerprint density at radius 2 is 1.79 bits per heavy atom. The number of hydrogen-bond donors (Lipinski definition) is 0. The zero-order valence-corrected chi connectivity index (χ0v) is 17.0. The number of benzene rings is 2. The Morgan fingerprint density at radius 1 is 1.07 bits per heavy atom. The fourth-order valence-electron chi connectivity index (χ4n) is 3.00. The number of carbonyl (C=O) groups excluding carboxylic acids is 1. The van der Waals surface area contributed by atoms with Crippen LogP contribution in [0, 0.1) is 17.0 Å². The van der Waals surface area contributed by atoms with Crippen LogP contribution in [-0.4, -0.2) is 22.3 Å². The van der Waals surface area contributed by atoms with E-state index in [1.165, 1.54) is 23.1 Å². The molecule has 0 radical (unpaired) electrons. The van der Waals surface area contributed by atoms with Gasteiger partial charge >= 0.3 is 0 Å². The van der Waals surface area contributed by atoms with E-state index in [1.807, 2.05) is 49.4 Å². The van der Waals surface area contributed by atoms with Crippen molar-refractivity contribution < 1.29 is 9.72 Å². The third-order valence-corrected chi connectivity index (χ3v) is 5.49. The van der Waals surface area contributed by atoms with Gasteiger partial charge in [0.05, 0.1) is 17.0 Å². The zero-order chi connectivity index (χ0) is 20.6. The Balaban J connectivity index is 1.76. The summed E-state index contributed by atoms with van der Waals surface area (Å²) in [5, 5.41) is 11.2. The molecule has 0 fully saturated rings. The summed E-state index contributed by atoms with van der Waals surface area (Å²) < 4.78 is 0. The van der Waals surface area contributed by atoms with Crippen LogP contribution in [0.2, 0.25) is 0 Å². The molecule has 3 rings (SSSR count). The molecule has 0 saturated heterocycles. The highest BCUT2D eigenvalue weighted by atomic mass is 32.1. The van der Waals surface area contributed by atoms with Crippen molar-refractivity contribution in [1.82, 2.24) is 4.90 Å². The third kappa shape index (κ3) is 5.86. The van der Waals surface area contributed by atoms with E-state index in [-0.39, 0.29) is 11.6 Å². The van der Waals surface area contributed by atoms with Crippen LogP contribution in [0.25, 0.3) is 6.08 Å². The van der Waals surface area contributed by atoms with Crippen LogP contribution in [0.5, 0.6) is 0 Å². The maximum atomic E-state index is 12.9. The Kier molecular flexibility index (Phi) is 6.92. The lowest BCUT2D eigenvalue weighted by Crippen LogP contribution is -2.30. The minimum atomic E-state index is -0.439. The monoisotopic (exact) mass is 406 g/mol. The predicted molar refractivity (Wildman–Crippen MR) is 117 cm³/mol. The number of aryl methyl sites for hydroxylation is 1. The van der Waals surface area contributed by atoms with E-state index < -0.39 is 4.92 Å². The number of hydrogen-bond acceptors (Lipinski definition) is 4. The van der Waals surface area contributed by atoms with E-state index in [0.717, 1.165) is 16.9 Å². The highest BCUT2D eigenvalue weighted by molar-refractivity contribution is 7.11. The molecule has 3 aromatic rings. The number of rotatable bonds is 8. The molecule has 0 aliphatic carbocycles. The van der Waals surface area contributed by atoms with Gasteiger partial charge in [-0.3, -0.25) is 14.9 Å². The van der Waals surface area contributed by atoms with Gasteiger partial charge in [-0.1, -0.05) is 42.5 Å².